The lowest BCUT2D eigenvalue weighted by Crippen LogP contribution is -2.49. The molecule has 0 saturated carbocycles. The summed E-state index contributed by atoms with van der Waals surface area (Å²) in [5.41, 5.74) is 1.74. The van der Waals surface area contributed by atoms with Gasteiger partial charge in [0.25, 0.3) is 5.91 Å². The van der Waals surface area contributed by atoms with Gasteiger partial charge in [0.05, 0.1) is 33.5 Å². The summed E-state index contributed by atoms with van der Waals surface area (Å²) in [6, 6.07) is 11.6. The van der Waals surface area contributed by atoms with Crippen LogP contribution in [0.3, 0.4) is 0 Å². The van der Waals surface area contributed by atoms with Crippen LogP contribution in [-0.2, 0) is 9.53 Å². The zero-order valence-electron chi connectivity index (χ0n) is 17.3. The van der Waals surface area contributed by atoms with Crippen molar-refractivity contribution in [3.8, 4) is 11.5 Å². The molecule has 30 heavy (non-hydrogen) atoms. The molecule has 160 valence electrons. The molecular weight excluding hydrogens is 388 g/mol. The highest BCUT2D eigenvalue weighted by molar-refractivity contribution is 5.97. The highest BCUT2D eigenvalue weighted by atomic mass is 16.5. The molecular formula is C22H26N2O6. The third-order valence-corrected chi connectivity index (χ3v) is 4.97. The Morgan fingerprint density at radius 1 is 1.17 bits per heavy atom. The Morgan fingerprint density at radius 3 is 2.60 bits per heavy atom. The van der Waals surface area contributed by atoms with E-state index in [1.165, 1.54) is 6.92 Å². The molecule has 1 saturated heterocycles. The van der Waals surface area contributed by atoms with Crippen LogP contribution in [0.5, 0.6) is 11.5 Å². The molecule has 1 aliphatic rings. The Labute approximate surface area is 175 Å². The van der Waals surface area contributed by atoms with Crippen molar-refractivity contribution in [2.75, 3.05) is 39.3 Å². The van der Waals surface area contributed by atoms with Gasteiger partial charge < -0.3 is 29.5 Å². The summed E-state index contributed by atoms with van der Waals surface area (Å²) in [6.07, 6.45) is -0.584. The molecule has 8 nitrogen and oxygen atoms in total. The maximum Gasteiger partial charge on any atom is 0.254 e. The van der Waals surface area contributed by atoms with Crippen LogP contribution in [0.25, 0.3) is 0 Å². The molecule has 2 atom stereocenters. The summed E-state index contributed by atoms with van der Waals surface area (Å²) >= 11 is 0. The first-order chi connectivity index (χ1) is 14.5. The zero-order valence-corrected chi connectivity index (χ0v) is 17.3. The van der Waals surface area contributed by atoms with E-state index in [2.05, 4.69) is 5.32 Å². The quantitative estimate of drug-likeness (QED) is 0.753. The van der Waals surface area contributed by atoms with Crippen LogP contribution in [0.4, 0.5) is 5.69 Å². The topological polar surface area (TPSA) is 97.3 Å². The average molecular weight is 414 g/mol. The molecule has 8 heteroatoms. The Hall–Kier alpha value is -3.10. The molecule has 1 fully saturated rings. The van der Waals surface area contributed by atoms with Crippen molar-refractivity contribution in [3.63, 3.8) is 0 Å². The molecule has 0 unspecified atom stereocenters. The van der Waals surface area contributed by atoms with Crippen molar-refractivity contribution >= 4 is 17.5 Å². The molecule has 0 radical (unpaired) electrons. The summed E-state index contributed by atoms with van der Waals surface area (Å²) in [7, 11) is 3.09. The lowest BCUT2D eigenvalue weighted by molar-refractivity contribution is -0.114. The molecule has 2 aromatic carbocycles. The van der Waals surface area contributed by atoms with Crippen LogP contribution in [0, 0.1) is 0 Å². The highest BCUT2D eigenvalue weighted by Crippen LogP contribution is 2.36. The number of aliphatic hydroxyl groups is 1. The number of nitrogens with zero attached hydrogens (tertiary/aromatic N) is 1. The molecule has 2 N–H and O–H groups in total. The van der Waals surface area contributed by atoms with Crippen molar-refractivity contribution in [2.24, 2.45) is 0 Å². The van der Waals surface area contributed by atoms with Gasteiger partial charge in [-0.3, -0.25) is 9.59 Å². The van der Waals surface area contributed by atoms with Gasteiger partial charge >= 0.3 is 0 Å². The number of anilines is 1. The molecule has 3 rings (SSSR count). The number of rotatable bonds is 6. The maximum atomic E-state index is 13.4. The number of ether oxygens (including phenoxy) is 3. The van der Waals surface area contributed by atoms with Crippen molar-refractivity contribution in [1.29, 1.82) is 0 Å². The van der Waals surface area contributed by atoms with E-state index in [1.54, 1.807) is 55.5 Å². The fourth-order valence-corrected chi connectivity index (χ4v) is 3.64. The third kappa shape index (κ3) is 4.55. The third-order valence-electron chi connectivity index (χ3n) is 4.97. The number of aliphatic hydroxyl groups excluding tert-OH is 1. The molecule has 0 aliphatic carbocycles. The van der Waals surface area contributed by atoms with Crippen LogP contribution >= 0.6 is 0 Å². The summed E-state index contributed by atoms with van der Waals surface area (Å²) in [5.74, 6) is 0.662. The van der Waals surface area contributed by atoms with Crippen LogP contribution in [-0.4, -0.2) is 61.9 Å². The number of hydrogen-bond donors (Lipinski definition) is 2. The van der Waals surface area contributed by atoms with Crippen molar-refractivity contribution < 1.29 is 28.9 Å². The van der Waals surface area contributed by atoms with Gasteiger partial charge in [-0.15, -0.1) is 0 Å². The van der Waals surface area contributed by atoms with Crippen molar-refractivity contribution in [2.45, 2.75) is 19.1 Å². The average Bonchev–Trinajstić information content (AvgIpc) is 2.77. The highest BCUT2D eigenvalue weighted by Gasteiger charge is 2.37. The minimum absolute atomic E-state index is 0.213. The van der Waals surface area contributed by atoms with Gasteiger partial charge in [0, 0.05) is 24.7 Å². The van der Waals surface area contributed by atoms with E-state index in [9.17, 15) is 14.7 Å². The largest absolute Gasteiger partial charge is 0.493 e. The number of carbonyl (C=O) groups is 2. The van der Waals surface area contributed by atoms with E-state index < -0.39 is 12.1 Å². The molecule has 2 amide bonds. The number of hydrogen-bond acceptors (Lipinski definition) is 6. The van der Waals surface area contributed by atoms with E-state index in [-0.39, 0.29) is 18.4 Å². The second kappa shape index (κ2) is 9.60. The van der Waals surface area contributed by atoms with Crippen LogP contribution in [0.15, 0.2) is 42.5 Å². The molecule has 0 aromatic heterocycles. The Kier molecular flexibility index (Phi) is 6.91. The van der Waals surface area contributed by atoms with Gasteiger partial charge in [-0.2, -0.15) is 0 Å². The second-order valence-electron chi connectivity index (χ2n) is 6.91. The predicted molar refractivity (Wildman–Crippen MR) is 111 cm³/mol. The lowest BCUT2D eigenvalue weighted by Gasteiger charge is -2.41. The summed E-state index contributed by atoms with van der Waals surface area (Å²) in [6.45, 7) is 1.84. The van der Waals surface area contributed by atoms with E-state index >= 15 is 0 Å². The fraction of sp³-hybridized carbons (Fsp3) is 0.364. The molecule has 2 aromatic rings. The van der Waals surface area contributed by atoms with Gasteiger partial charge in [-0.05, 0) is 35.9 Å². The van der Waals surface area contributed by atoms with Crippen LogP contribution < -0.4 is 14.8 Å². The number of benzene rings is 2. The number of carbonyl (C=O) groups excluding carboxylic acids is 2. The van der Waals surface area contributed by atoms with Crippen molar-refractivity contribution in [3.05, 3.63) is 53.6 Å². The first kappa shape index (κ1) is 21.6. The van der Waals surface area contributed by atoms with E-state index in [1.807, 2.05) is 6.07 Å². The minimum atomic E-state index is -0.584. The molecule has 0 bridgehead atoms. The Balaban J connectivity index is 1.97. The van der Waals surface area contributed by atoms with Gasteiger partial charge in [-0.25, -0.2) is 0 Å². The SMILES string of the molecule is COc1ccc([C@@H]2[C@@H](CO)OCCN2C(=O)c2cccc(NC(C)=O)c2)cc1OC. The van der Waals surface area contributed by atoms with Crippen LogP contribution in [0.2, 0.25) is 0 Å². The molecule has 1 aliphatic heterocycles. The fourth-order valence-electron chi connectivity index (χ4n) is 3.64. The zero-order chi connectivity index (χ0) is 21.7. The normalized spacial score (nSPS) is 18.6. The predicted octanol–water partition coefficient (Wildman–Crippen LogP) is 2.24. The van der Waals surface area contributed by atoms with Gasteiger partial charge in [0.1, 0.15) is 6.10 Å². The first-order valence-electron chi connectivity index (χ1n) is 9.61. The minimum Gasteiger partial charge on any atom is -0.493 e. The van der Waals surface area contributed by atoms with E-state index in [4.69, 9.17) is 14.2 Å². The van der Waals surface area contributed by atoms with Gasteiger partial charge in [-0.1, -0.05) is 12.1 Å². The Morgan fingerprint density at radius 2 is 1.93 bits per heavy atom. The lowest BCUT2D eigenvalue weighted by atomic mass is 9.96. The number of nitrogens with one attached hydrogen (secondary N) is 1. The van der Waals surface area contributed by atoms with Crippen LogP contribution in [0.1, 0.15) is 28.9 Å². The molecule has 1 heterocycles. The molecule has 0 spiro atoms. The van der Waals surface area contributed by atoms with Crippen molar-refractivity contribution in [1.82, 2.24) is 4.90 Å². The van der Waals surface area contributed by atoms with Gasteiger partial charge in [0.2, 0.25) is 5.91 Å². The second-order valence-corrected chi connectivity index (χ2v) is 6.91. The maximum absolute atomic E-state index is 13.4. The Bertz CT molecular complexity index is 916. The van der Waals surface area contributed by atoms with E-state index in [0.29, 0.717) is 35.9 Å². The van der Waals surface area contributed by atoms with E-state index in [0.717, 1.165) is 5.56 Å². The monoisotopic (exact) mass is 414 g/mol. The van der Waals surface area contributed by atoms with Gasteiger partial charge in [0.15, 0.2) is 11.5 Å². The number of amides is 2. The summed E-state index contributed by atoms with van der Waals surface area (Å²) in [4.78, 5) is 26.4. The summed E-state index contributed by atoms with van der Waals surface area (Å²) < 4.78 is 16.4. The standard InChI is InChI=1S/C22H26N2O6/c1-14(26)23-17-6-4-5-16(11-17)22(27)24-9-10-30-20(13-25)21(24)15-7-8-18(28-2)19(12-15)29-3/h4-8,11-12,20-21,25H,9-10,13H2,1-3H3,(H,23,26)/t20-,21-/m1/s1. The smallest absolute Gasteiger partial charge is 0.254 e. The first-order valence-corrected chi connectivity index (χ1v) is 9.61. The number of methoxy groups -OCH3 is 2. The number of morpholine rings is 1. The summed E-state index contributed by atoms with van der Waals surface area (Å²) in [5, 5.41) is 12.6.